The fourth-order valence-electron chi connectivity index (χ4n) is 2.25. The zero-order valence-corrected chi connectivity index (χ0v) is 14.6. The lowest BCUT2D eigenvalue weighted by atomic mass is 10.0. The molecule has 5 nitrogen and oxygen atoms in total. The van der Waals surface area contributed by atoms with E-state index in [1.807, 2.05) is 17.5 Å². The number of carbonyl (C=O) groups is 1. The second-order valence-corrected chi connectivity index (χ2v) is 6.38. The number of thiophene rings is 1. The lowest BCUT2D eigenvalue weighted by Crippen LogP contribution is -2.34. The number of methoxy groups -OCH3 is 2. The van der Waals surface area contributed by atoms with Gasteiger partial charge in [0.15, 0.2) is 0 Å². The van der Waals surface area contributed by atoms with Crippen molar-refractivity contribution >= 4 is 23.1 Å². The van der Waals surface area contributed by atoms with E-state index < -0.39 is 0 Å². The minimum absolute atomic E-state index is 0.0356. The molecule has 0 aliphatic heterocycles. The number of anilines is 1. The molecule has 2 rings (SSSR count). The molecule has 0 fully saturated rings. The van der Waals surface area contributed by atoms with Crippen molar-refractivity contribution < 1.29 is 14.3 Å². The number of hydrogen-bond donors (Lipinski definition) is 2. The highest BCUT2D eigenvalue weighted by Crippen LogP contribution is 2.30. The minimum atomic E-state index is -0.274. The molecule has 0 radical (unpaired) electrons. The molecule has 0 aliphatic carbocycles. The number of rotatable bonds is 6. The van der Waals surface area contributed by atoms with Crippen LogP contribution in [0.5, 0.6) is 11.5 Å². The molecule has 0 saturated carbocycles. The van der Waals surface area contributed by atoms with Crippen molar-refractivity contribution in [2.45, 2.75) is 19.9 Å². The van der Waals surface area contributed by atoms with E-state index >= 15 is 0 Å². The van der Waals surface area contributed by atoms with Crippen molar-refractivity contribution in [3.05, 3.63) is 40.6 Å². The van der Waals surface area contributed by atoms with Gasteiger partial charge in [-0.15, -0.1) is 11.3 Å². The predicted molar refractivity (Wildman–Crippen MR) is 93.6 cm³/mol. The Kier molecular flexibility index (Phi) is 5.87. The zero-order chi connectivity index (χ0) is 16.8. The maximum atomic E-state index is 12.4. The van der Waals surface area contributed by atoms with Gasteiger partial charge in [0.25, 0.3) is 0 Å². The van der Waals surface area contributed by atoms with Gasteiger partial charge in [-0.25, -0.2) is 4.79 Å². The van der Waals surface area contributed by atoms with E-state index in [4.69, 9.17) is 9.47 Å². The van der Waals surface area contributed by atoms with Gasteiger partial charge in [-0.2, -0.15) is 0 Å². The van der Waals surface area contributed by atoms with Crippen LogP contribution in [-0.2, 0) is 0 Å². The Balaban J connectivity index is 2.12. The van der Waals surface area contributed by atoms with Gasteiger partial charge in [0, 0.05) is 10.9 Å². The highest BCUT2D eigenvalue weighted by Gasteiger charge is 2.20. The summed E-state index contributed by atoms with van der Waals surface area (Å²) < 4.78 is 10.5. The molecule has 1 aromatic heterocycles. The molecule has 0 bridgehead atoms. The van der Waals surface area contributed by atoms with Gasteiger partial charge in [0.05, 0.1) is 25.9 Å². The zero-order valence-electron chi connectivity index (χ0n) is 13.8. The fourth-order valence-corrected chi connectivity index (χ4v) is 3.20. The van der Waals surface area contributed by atoms with E-state index in [9.17, 15) is 4.79 Å². The van der Waals surface area contributed by atoms with Crippen LogP contribution in [0.15, 0.2) is 35.7 Å². The van der Waals surface area contributed by atoms with Crippen LogP contribution in [0.3, 0.4) is 0 Å². The Morgan fingerprint density at radius 1 is 1.17 bits per heavy atom. The molecule has 2 amide bonds. The Labute approximate surface area is 140 Å². The third-order valence-corrected chi connectivity index (χ3v) is 4.41. The second kappa shape index (κ2) is 7.87. The Hall–Kier alpha value is -2.21. The molecular weight excluding hydrogens is 312 g/mol. The molecule has 23 heavy (non-hydrogen) atoms. The molecule has 2 N–H and O–H groups in total. The monoisotopic (exact) mass is 334 g/mol. The summed E-state index contributed by atoms with van der Waals surface area (Å²) in [5.41, 5.74) is 0.568. The smallest absolute Gasteiger partial charge is 0.319 e. The number of nitrogens with one attached hydrogen (secondary N) is 2. The van der Waals surface area contributed by atoms with Crippen LogP contribution in [0.25, 0.3) is 0 Å². The molecule has 0 spiro atoms. The molecule has 1 aromatic carbocycles. The summed E-state index contributed by atoms with van der Waals surface area (Å²) in [5.74, 6) is 1.52. The number of amides is 2. The minimum Gasteiger partial charge on any atom is -0.497 e. The van der Waals surface area contributed by atoms with Crippen LogP contribution in [0.4, 0.5) is 10.5 Å². The molecule has 0 aliphatic rings. The second-order valence-electron chi connectivity index (χ2n) is 5.40. The average Bonchev–Trinajstić information content (AvgIpc) is 3.06. The van der Waals surface area contributed by atoms with Crippen molar-refractivity contribution in [2.24, 2.45) is 5.92 Å². The quantitative estimate of drug-likeness (QED) is 0.829. The van der Waals surface area contributed by atoms with Crippen LogP contribution < -0.4 is 20.1 Å². The van der Waals surface area contributed by atoms with Gasteiger partial charge < -0.3 is 20.1 Å². The summed E-state index contributed by atoms with van der Waals surface area (Å²) in [6.45, 7) is 4.16. The summed E-state index contributed by atoms with van der Waals surface area (Å²) >= 11 is 1.63. The first kappa shape index (κ1) is 17.1. The molecule has 124 valence electrons. The SMILES string of the molecule is COc1ccc(OC)c(NC(=O)NC(c2cccs2)C(C)C)c1. The van der Waals surface area contributed by atoms with Gasteiger partial charge >= 0.3 is 6.03 Å². The molecule has 0 saturated heterocycles. The first-order valence-electron chi connectivity index (χ1n) is 7.38. The van der Waals surface area contributed by atoms with Gasteiger partial charge in [0.1, 0.15) is 11.5 Å². The lowest BCUT2D eigenvalue weighted by molar-refractivity contribution is 0.245. The number of ether oxygens (including phenoxy) is 2. The molecule has 1 atom stereocenters. The van der Waals surface area contributed by atoms with Crippen LogP contribution in [0.2, 0.25) is 0 Å². The summed E-state index contributed by atoms with van der Waals surface area (Å²) in [6, 6.07) is 8.98. The van der Waals surface area contributed by atoms with Crippen molar-refractivity contribution in [1.29, 1.82) is 0 Å². The number of benzene rings is 1. The standard InChI is InChI=1S/C17H22N2O3S/c1-11(2)16(15-6-5-9-23-15)19-17(20)18-13-10-12(21-3)7-8-14(13)22-4/h5-11,16H,1-4H3,(H2,18,19,20). The lowest BCUT2D eigenvalue weighted by Gasteiger charge is -2.22. The Bertz CT molecular complexity index is 641. The largest absolute Gasteiger partial charge is 0.497 e. The van der Waals surface area contributed by atoms with Crippen molar-refractivity contribution in [2.75, 3.05) is 19.5 Å². The molecule has 1 heterocycles. The molecule has 2 aromatic rings. The van der Waals surface area contributed by atoms with Crippen LogP contribution >= 0.6 is 11.3 Å². The van der Waals surface area contributed by atoms with Crippen molar-refractivity contribution in [3.8, 4) is 11.5 Å². The van der Waals surface area contributed by atoms with Crippen LogP contribution in [0.1, 0.15) is 24.8 Å². The third kappa shape index (κ3) is 4.39. The van der Waals surface area contributed by atoms with Crippen molar-refractivity contribution in [3.63, 3.8) is 0 Å². The number of urea groups is 1. The number of carbonyl (C=O) groups excluding carboxylic acids is 1. The van der Waals surface area contributed by atoms with Gasteiger partial charge in [-0.3, -0.25) is 0 Å². The van der Waals surface area contributed by atoms with Gasteiger partial charge in [-0.05, 0) is 29.5 Å². The topological polar surface area (TPSA) is 59.6 Å². The summed E-state index contributed by atoms with van der Waals surface area (Å²) in [4.78, 5) is 13.5. The van der Waals surface area contributed by atoms with E-state index in [0.717, 1.165) is 4.88 Å². The predicted octanol–water partition coefficient (Wildman–Crippen LogP) is 4.28. The van der Waals surface area contributed by atoms with E-state index in [-0.39, 0.29) is 18.0 Å². The first-order valence-corrected chi connectivity index (χ1v) is 8.26. The van der Waals surface area contributed by atoms with Crippen molar-refractivity contribution in [1.82, 2.24) is 5.32 Å². The van der Waals surface area contributed by atoms with E-state index in [0.29, 0.717) is 17.2 Å². The van der Waals surface area contributed by atoms with E-state index in [1.165, 1.54) is 0 Å². The maximum Gasteiger partial charge on any atom is 0.319 e. The summed E-state index contributed by atoms with van der Waals surface area (Å²) in [5, 5.41) is 7.86. The number of hydrogen-bond acceptors (Lipinski definition) is 4. The highest BCUT2D eigenvalue weighted by atomic mass is 32.1. The van der Waals surface area contributed by atoms with Crippen LogP contribution in [-0.4, -0.2) is 20.3 Å². The molecule has 6 heteroatoms. The van der Waals surface area contributed by atoms with Crippen LogP contribution in [0, 0.1) is 5.92 Å². The molecular formula is C17H22N2O3S. The maximum absolute atomic E-state index is 12.4. The van der Waals surface area contributed by atoms with E-state index in [2.05, 4.69) is 24.5 Å². The Morgan fingerprint density at radius 2 is 1.96 bits per heavy atom. The van der Waals surface area contributed by atoms with Gasteiger partial charge in [-0.1, -0.05) is 19.9 Å². The van der Waals surface area contributed by atoms with E-state index in [1.54, 1.807) is 43.8 Å². The van der Waals surface area contributed by atoms with Gasteiger partial charge in [0.2, 0.25) is 0 Å². The third-order valence-electron chi connectivity index (χ3n) is 3.46. The normalized spacial score (nSPS) is 11.9. The first-order chi connectivity index (χ1) is 11.0. The summed E-state index contributed by atoms with van der Waals surface area (Å²) in [6.07, 6.45) is 0. The Morgan fingerprint density at radius 3 is 2.52 bits per heavy atom. The summed E-state index contributed by atoms with van der Waals surface area (Å²) in [7, 11) is 3.14. The fraction of sp³-hybridized carbons (Fsp3) is 0.353. The highest BCUT2D eigenvalue weighted by molar-refractivity contribution is 7.10. The average molecular weight is 334 g/mol. The molecule has 1 unspecified atom stereocenters.